The second-order valence-corrected chi connectivity index (χ2v) is 9.78. The first kappa shape index (κ1) is 28.0. The van der Waals surface area contributed by atoms with Crippen molar-refractivity contribution in [3.05, 3.63) is 65.7 Å². The molecule has 0 saturated carbocycles. The number of rotatable bonds is 9. The molecule has 2 rings (SSSR count). The Labute approximate surface area is 212 Å². The first-order valence-electron chi connectivity index (χ1n) is 11.5. The topological polar surface area (TPSA) is 108 Å². The maximum absolute atomic E-state index is 13.7. The second-order valence-electron chi connectivity index (χ2n) is 9.42. The van der Waals surface area contributed by atoms with Crippen LogP contribution >= 0.6 is 12.6 Å². The lowest BCUT2D eigenvalue weighted by Gasteiger charge is -2.37. The molecule has 190 valence electrons. The van der Waals surface area contributed by atoms with Crippen molar-refractivity contribution < 1.29 is 24.2 Å². The smallest absolute Gasteiger partial charge is 0.408 e. The van der Waals surface area contributed by atoms with Gasteiger partial charge < -0.3 is 25.4 Å². The zero-order valence-corrected chi connectivity index (χ0v) is 21.7. The highest BCUT2D eigenvalue weighted by Gasteiger charge is 2.37. The number of hydrogen-bond donors (Lipinski definition) is 4. The van der Waals surface area contributed by atoms with Crippen molar-refractivity contribution in [2.75, 3.05) is 5.75 Å². The Bertz CT molecular complexity index is 990. The van der Waals surface area contributed by atoms with E-state index in [1.54, 1.807) is 46.8 Å². The van der Waals surface area contributed by atoms with Gasteiger partial charge in [0.2, 0.25) is 11.8 Å². The zero-order chi connectivity index (χ0) is 26.2. The monoisotopic (exact) mass is 501 g/mol. The van der Waals surface area contributed by atoms with Gasteiger partial charge >= 0.3 is 6.09 Å². The summed E-state index contributed by atoms with van der Waals surface area (Å²) in [6.45, 7) is 9.03. The number of benzene rings is 2. The molecule has 2 atom stereocenters. The highest BCUT2D eigenvalue weighted by molar-refractivity contribution is 7.80. The molecule has 3 N–H and O–H groups in total. The fraction of sp³-hybridized carbons (Fsp3) is 0.423. The highest BCUT2D eigenvalue weighted by Crippen LogP contribution is 2.27. The lowest BCUT2D eigenvalue weighted by Crippen LogP contribution is -2.55. The van der Waals surface area contributed by atoms with E-state index in [9.17, 15) is 19.5 Å². The Morgan fingerprint density at radius 1 is 1.03 bits per heavy atom. The molecule has 0 aromatic heterocycles. The molecule has 2 aromatic carbocycles. The van der Waals surface area contributed by atoms with Gasteiger partial charge in [0.05, 0.1) is 0 Å². The van der Waals surface area contributed by atoms with Gasteiger partial charge in [-0.05, 0) is 57.9 Å². The molecule has 0 fully saturated rings. The van der Waals surface area contributed by atoms with Crippen LogP contribution in [0.25, 0.3) is 0 Å². The van der Waals surface area contributed by atoms with E-state index in [1.807, 2.05) is 30.3 Å². The highest BCUT2D eigenvalue weighted by atomic mass is 32.1. The minimum atomic E-state index is -1.02. The molecule has 0 spiro atoms. The fourth-order valence-corrected chi connectivity index (χ4v) is 3.72. The van der Waals surface area contributed by atoms with Crippen LogP contribution in [0.3, 0.4) is 0 Å². The van der Waals surface area contributed by atoms with Gasteiger partial charge in [-0.1, -0.05) is 42.5 Å². The summed E-state index contributed by atoms with van der Waals surface area (Å²) in [5.41, 5.74) is 0.691. The van der Waals surface area contributed by atoms with Gasteiger partial charge in [-0.25, -0.2) is 4.79 Å². The largest absolute Gasteiger partial charge is 0.508 e. The number of nitrogens with zero attached hydrogens (tertiary/aromatic N) is 1. The van der Waals surface area contributed by atoms with E-state index in [2.05, 4.69) is 23.3 Å². The maximum atomic E-state index is 13.7. The molecule has 0 aliphatic carbocycles. The summed E-state index contributed by atoms with van der Waals surface area (Å²) >= 11 is 4.26. The van der Waals surface area contributed by atoms with E-state index in [1.165, 1.54) is 17.0 Å². The Kier molecular flexibility index (Phi) is 10.0. The summed E-state index contributed by atoms with van der Waals surface area (Å²) in [7, 11) is 0. The van der Waals surface area contributed by atoms with Crippen molar-refractivity contribution in [2.24, 2.45) is 0 Å². The third kappa shape index (κ3) is 8.51. The van der Waals surface area contributed by atoms with Crippen LogP contribution in [0.4, 0.5) is 4.79 Å². The Hall–Kier alpha value is -3.20. The third-order valence-electron chi connectivity index (χ3n) is 5.03. The molecule has 8 nitrogen and oxygen atoms in total. The molecule has 2 aromatic rings. The van der Waals surface area contributed by atoms with Gasteiger partial charge in [0, 0.05) is 18.3 Å². The number of hydrogen-bond acceptors (Lipinski definition) is 6. The van der Waals surface area contributed by atoms with Crippen molar-refractivity contribution in [1.29, 1.82) is 0 Å². The number of carbonyl (C=O) groups is 3. The van der Waals surface area contributed by atoms with Gasteiger partial charge in [-0.15, -0.1) is 0 Å². The first-order chi connectivity index (χ1) is 16.4. The standard InChI is InChI=1S/C26H35N3O5S/c1-17(2)29(24(32)21(16-35)28-25(33)34-26(3,4)5)22(19-11-13-20(30)14-12-19)23(31)27-15-18-9-7-6-8-10-18/h6-14,17,21-22,30,35H,15-16H2,1-5H3,(H,27,31)(H,28,33). The minimum Gasteiger partial charge on any atom is -0.508 e. The lowest BCUT2D eigenvalue weighted by atomic mass is 10.0. The van der Waals surface area contributed by atoms with Crippen LogP contribution in [-0.4, -0.2) is 51.4 Å². The number of nitrogens with one attached hydrogen (secondary N) is 2. The quantitative estimate of drug-likeness (QED) is 0.391. The van der Waals surface area contributed by atoms with E-state index >= 15 is 0 Å². The van der Waals surface area contributed by atoms with Crippen molar-refractivity contribution in [3.8, 4) is 5.75 Å². The Morgan fingerprint density at radius 2 is 1.63 bits per heavy atom. The number of phenols is 1. The summed E-state index contributed by atoms with van der Waals surface area (Å²) in [5, 5.41) is 15.2. The number of alkyl carbamates (subject to hydrolysis) is 1. The van der Waals surface area contributed by atoms with E-state index in [-0.39, 0.29) is 18.0 Å². The average Bonchev–Trinajstić information content (AvgIpc) is 2.79. The Balaban J connectivity index is 2.36. The number of amides is 3. The molecule has 0 radical (unpaired) electrons. The predicted molar refractivity (Wildman–Crippen MR) is 138 cm³/mol. The van der Waals surface area contributed by atoms with Crippen molar-refractivity contribution in [3.63, 3.8) is 0 Å². The van der Waals surface area contributed by atoms with Gasteiger partial charge in [0.25, 0.3) is 0 Å². The van der Waals surface area contributed by atoms with Crippen LogP contribution in [0.2, 0.25) is 0 Å². The second kappa shape index (κ2) is 12.5. The SMILES string of the molecule is CC(C)N(C(=O)C(CS)NC(=O)OC(C)(C)C)C(C(=O)NCc1ccccc1)c1ccc(O)cc1. The summed E-state index contributed by atoms with van der Waals surface area (Å²) in [4.78, 5) is 40.9. The molecule has 9 heteroatoms. The van der Waals surface area contributed by atoms with Crippen LogP contribution in [0.1, 0.15) is 51.8 Å². The molecule has 0 aliphatic heterocycles. The van der Waals surface area contributed by atoms with Crippen LogP contribution in [0.15, 0.2) is 54.6 Å². The molecular formula is C26H35N3O5S. The number of thiol groups is 1. The van der Waals surface area contributed by atoms with E-state index < -0.39 is 41.6 Å². The van der Waals surface area contributed by atoms with Crippen molar-refractivity contribution in [1.82, 2.24) is 15.5 Å². The van der Waals surface area contributed by atoms with Gasteiger partial charge in [0.15, 0.2) is 0 Å². The normalized spacial score (nSPS) is 13.0. The fourth-order valence-electron chi connectivity index (χ4n) is 3.47. The average molecular weight is 502 g/mol. The van der Waals surface area contributed by atoms with Crippen LogP contribution < -0.4 is 10.6 Å². The van der Waals surface area contributed by atoms with Crippen LogP contribution in [0, 0.1) is 0 Å². The lowest BCUT2D eigenvalue weighted by molar-refractivity contribution is -0.144. The van der Waals surface area contributed by atoms with Crippen LogP contribution in [0.5, 0.6) is 5.75 Å². The number of carbonyl (C=O) groups excluding carboxylic acids is 3. The van der Waals surface area contributed by atoms with E-state index in [0.29, 0.717) is 5.56 Å². The molecule has 0 heterocycles. The van der Waals surface area contributed by atoms with Crippen molar-refractivity contribution >= 4 is 30.5 Å². The number of phenolic OH excluding ortho intramolecular Hbond substituents is 1. The summed E-state index contributed by atoms with van der Waals surface area (Å²) in [6.07, 6.45) is -0.747. The van der Waals surface area contributed by atoms with E-state index in [0.717, 1.165) is 5.56 Å². The molecule has 35 heavy (non-hydrogen) atoms. The first-order valence-corrected chi connectivity index (χ1v) is 12.1. The molecule has 0 bridgehead atoms. The zero-order valence-electron chi connectivity index (χ0n) is 20.8. The van der Waals surface area contributed by atoms with Gasteiger partial charge in [0.1, 0.15) is 23.4 Å². The minimum absolute atomic E-state index is 0.00916. The summed E-state index contributed by atoms with van der Waals surface area (Å²) in [6, 6.07) is 13.1. The molecule has 2 unspecified atom stereocenters. The third-order valence-corrected chi connectivity index (χ3v) is 5.39. The molecule has 0 saturated heterocycles. The molecular weight excluding hydrogens is 466 g/mol. The van der Waals surface area contributed by atoms with E-state index in [4.69, 9.17) is 4.74 Å². The molecule has 3 amide bonds. The van der Waals surface area contributed by atoms with Gasteiger partial charge in [-0.2, -0.15) is 12.6 Å². The number of aromatic hydroxyl groups is 1. The number of ether oxygens (including phenoxy) is 1. The predicted octanol–water partition coefficient (Wildman–Crippen LogP) is 3.81. The maximum Gasteiger partial charge on any atom is 0.408 e. The summed E-state index contributed by atoms with van der Waals surface area (Å²) < 4.78 is 5.29. The van der Waals surface area contributed by atoms with Gasteiger partial charge in [-0.3, -0.25) is 9.59 Å². The summed E-state index contributed by atoms with van der Waals surface area (Å²) in [5.74, 6) is -0.820. The van der Waals surface area contributed by atoms with Crippen LogP contribution in [-0.2, 0) is 20.9 Å². The Morgan fingerprint density at radius 3 is 2.14 bits per heavy atom. The molecule has 0 aliphatic rings. The van der Waals surface area contributed by atoms with Crippen molar-refractivity contribution in [2.45, 2.75) is 64.9 Å².